The van der Waals surface area contributed by atoms with Crippen molar-refractivity contribution in [2.45, 2.75) is 39.2 Å². The lowest BCUT2D eigenvalue weighted by molar-refractivity contribution is -0.120. The molecule has 3 heteroatoms. The lowest BCUT2D eigenvalue weighted by Gasteiger charge is -2.28. The second kappa shape index (κ2) is 4.89. The van der Waals surface area contributed by atoms with Crippen LogP contribution in [0.15, 0.2) is 0 Å². The quantitative estimate of drug-likeness (QED) is 0.689. The van der Waals surface area contributed by atoms with E-state index in [-0.39, 0.29) is 5.60 Å². The number of carbonyl (C=O) groups is 1. The highest BCUT2D eigenvalue weighted by molar-refractivity contribution is 5.80. The summed E-state index contributed by atoms with van der Waals surface area (Å²) in [6, 6.07) is 0. The van der Waals surface area contributed by atoms with Crippen LogP contribution in [-0.2, 0) is 9.53 Å². The zero-order valence-electron chi connectivity index (χ0n) is 9.51. The van der Waals surface area contributed by atoms with E-state index in [1.165, 1.54) is 0 Å². The number of ether oxygens (including phenoxy) is 1. The molecule has 1 rings (SSSR count). The maximum absolute atomic E-state index is 11.3. The molecule has 14 heavy (non-hydrogen) atoms. The van der Waals surface area contributed by atoms with E-state index >= 15 is 0 Å². The Morgan fingerprint density at radius 2 is 2.21 bits per heavy atom. The van der Waals surface area contributed by atoms with Crippen molar-refractivity contribution in [2.24, 2.45) is 0 Å². The largest absolute Gasteiger partial charge is 0.374 e. The van der Waals surface area contributed by atoms with Crippen LogP contribution in [0.5, 0.6) is 0 Å². The Balaban J connectivity index is 2.47. The number of rotatable bonds is 3. The minimum absolute atomic E-state index is 0.107. The monoisotopic (exact) mass is 199 g/mol. The van der Waals surface area contributed by atoms with Crippen molar-refractivity contribution in [2.75, 3.05) is 26.2 Å². The molecule has 0 aromatic heterocycles. The molecule has 0 aliphatic carbocycles. The molecular weight excluding hydrogens is 178 g/mol. The first-order valence-electron chi connectivity index (χ1n) is 5.41. The Kier molecular flexibility index (Phi) is 4.08. The summed E-state index contributed by atoms with van der Waals surface area (Å²) in [6.07, 6.45) is 1.66. The molecule has 1 heterocycles. The molecule has 0 atom stereocenters. The van der Waals surface area contributed by atoms with Crippen molar-refractivity contribution in [1.29, 1.82) is 0 Å². The van der Waals surface area contributed by atoms with Crippen LogP contribution in [0.1, 0.15) is 33.6 Å². The molecule has 3 nitrogen and oxygen atoms in total. The van der Waals surface area contributed by atoms with Crippen LogP contribution in [0.25, 0.3) is 0 Å². The molecule has 0 saturated carbocycles. The Morgan fingerprint density at radius 3 is 2.86 bits per heavy atom. The van der Waals surface area contributed by atoms with Crippen LogP contribution < -0.4 is 0 Å². The lowest BCUT2D eigenvalue weighted by atomic mass is 10.1. The van der Waals surface area contributed by atoms with Gasteiger partial charge in [0.25, 0.3) is 0 Å². The fraction of sp³-hybridized carbons (Fsp3) is 0.909. The normalized spacial score (nSPS) is 23.1. The van der Waals surface area contributed by atoms with Crippen LogP contribution in [0.2, 0.25) is 0 Å². The predicted octanol–water partition coefficient (Wildman–Crippen LogP) is 1.47. The SMILES string of the molecule is CCC(=O)CN1CCCOC(C)(C)C1. The van der Waals surface area contributed by atoms with Gasteiger partial charge >= 0.3 is 0 Å². The lowest BCUT2D eigenvalue weighted by Crippen LogP contribution is -2.40. The van der Waals surface area contributed by atoms with Gasteiger partial charge in [-0.3, -0.25) is 9.69 Å². The maximum Gasteiger partial charge on any atom is 0.146 e. The Morgan fingerprint density at radius 1 is 1.50 bits per heavy atom. The summed E-state index contributed by atoms with van der Waals surface area (Å²) < 4.78 is 5.68. The summed E-state index contributed by atoms with van der Waals surface area (Å²) in [7, 11) is 0. The summed E-state index contributed by atoms with van der Waals surface area (Å²) >= 11 is 0. The van der Waals surface area contributed by atoms with E-state index in [0.717, 1.165) is 26.1 Å². The predicted molar refractivity (Wildman–Crippen MR) is 56.4 cm³/mol. The summed E-state index contributed by atoms with van der Waals surface area (Å²) in [4.78, 5) is 13.5. The molecular formula is C11H21NO2. The number of hydrogen-bond acceptors (Lipinski definition) is 3. The zero-order chi connectivity index (χ0) is 10.6. The van der Waals surface area contributed by atoms with Gasteiger partial charge in [0, 0.05) is 26.1 Å². The highest BCUT2D eigenvalue weighted by Gasteiger charge is 2.25. The number of nitrogens with zero attached hydrogens (tertiary/aromatic N) is 1. The van der Waals surface area contributed by atoms with Gasteiger partial charge in [-0.05, 0) is 20.3 Å². The summed E-state index contributed by atoms with van der Waals surface area (Å²) in [5.41, 5.74) is -0.107. The van der Waals surface area contributed by atoms with Gasteiger partial charge in [0.1, 0.15) is 5.78 Å². The fourth-order valence-corrected chi connectivity index (χ4v) is 1.80. The molecule has 0 radical (unpaired) electrons. The van der Waals surface area contributed by atoms with Gasteiger partial charge in [-0.1, -0.05) is 6.92 Å². The summed E-state index contributed by atoms with van der Waals surface area (Å²) in [6.45, 7) is 9.33. The first-order valence-corrected chi connectivity index (χ1v) is 5.41. The average Bonchev–Trinajstić information content (AvgIpc) is 2.26. The number of carbonyl (C=O) groups excluding carboxylic acids is 1. The van der Waals surface area contributed by atoms with Crippen molar-refractivity contribution >= 4 is 5.78 Å². The summed E-state index contributed by atoms with van der Waals surface area (Å²) in [5, 5.41) is 0. The van der Waals surface area contributed by atoms with Crippen LogP contribution in [0, 0.1) is 0 Å². The van der Waals surface area contributed by atoms with Crippen molar-refractivity contribution in [1.82, 2.24) is 4.90 Å². The molecule has 0 unspecified atom stereocenters. The fourth-order valence-electron chi connectivity index (χ4n) is 1.80. The highest BCUT2D eigenvalue weighted by Crippen LogP contribution is 2.16. The van der Waals surface area contributed by atoms with Gasteiger partial charge in [0.2, 0.25) is 0 Å². The highest BCUT2D eigenvalue weighted by atomic mass is 16.5. The third-order valence-corrected chi connectivity index (χ3v) is 2.51. The molecule has 0 N–H and O–H groups in total. The third kappa shape index (κ3) is 3.76. The van der Waals surface area contributed by atoms with Gasteiger partial charge in [-0.25, -0.2) is 0 Å². The minimum Gasteiger partial charge on any atom is -0.374 e. The van der Waals surface area contributed by atoms with Gasteiger partial charge in [-0.15, -0.1) is 0 Å². The van der Waals surface area contributed by atoms with Gasteiger partial charge < -0.3 is 4.74 Å². The van der Waals surface area contributed by atoms with Crippen molar-refractivity contribution < 1.29 is 9.53 Å². The molecule has 1 aliphatic heterocycles. The van der Waals surface area contributed by atoms with Crippen molar-refractivity contribution in [3.63, 3.8) is 0 Å². The minimum atomic E-state index is -0.107. The van der Waals surface area contributed by atoms with E-state index in [1.807, 2.05) is 6.92 Å². The van der Waals surface area contributed by atoms with Crippen molar-refractivity contribution in [3.05, 3.63) is 0 Å². The van der Waals surface area contributed by atoms with Crippen molar-refractivity contribution in [3.8, 4) is 0 Å². The van der Waals surface area contributed by atoms with E-state index in [1.54, 1.807) is 0 Å². The van der Waals surface area contributed by atoms with Gasteiger partial charge in [0.05, 0.1) is 12.1 Å². The van der Waals surface area contributed by atoms with Crippen LogP contribution in [0.4, 0.5) is 0 Å². The average molecular weight is 199 g/mol. The summed E-state index contributed by atoms with van der Waals surface area (Å²) in [5.74, 6) is 0.322. The van der Waals surface area contributed by atoms with E-state index in [4.69, 9.17) is 4.74 Å². The van der Waals surface area contributed by atoms with Crippen LogP contribution >= 0.6 is 0 Å². The van der Waals surface area contributed by atoms with E-state index < -0.39 is 0 Å². The molecule has 0 amide bonds. The Labute approximate surface area is 86.4 Å². The molecule has 0 bridgehead atoms. The first-order chi connectivity index (χ1) is 6.53. The van der Waals surface area contributed by atoms with Gasteiger partial charge in [0.15, 0.2) is 0 Å². The molecule has 82 valence electrons. The Bertz CT molecular complexity index is 201. The second-order valence-electron chi connectivity index (χ2n) is 4.56. The van der Waals surface area contributed by atoms with Gasteiger partial charge in [-0.2, -0.15) is 0 Å². The van der Waals surface area contributed by atoms with E-state index in [9.17, 15) is 4.79 Å². The molecule has 1 saturated heterocycles. The topological polar surface area (TPSA) is 29.5 Å². The number of ketones is 1. The second-order valence-corrected chi connectivity index (χ2v) is 4.56. The van der Waals surface area contributed by atoms with E-state index in [0.29, 0.717) is 18.7 Å². The molecule has 1 fully saturated rings. The molecule has 0 spiro atoms. The third-order valence-electron chi connectivity index (χ3n) is 2.51. The number of hydrogen-bond donors (Lipinski definition) is 0. The molecule has 0 aromatic carbocycles. The first kappa shape index (κ1) is 11.7. The smallest absolute Gasteiger partial charge is 0.146 e. The maximum atomic E-state index is 11.3. The molecule has 0 aromatic rings. The van der Waals surface area contributed by atoms with Crippen LogP contribution in [0.3, 0.4) is 0 Å². The standard InChI is InChI=1S/C11H21NO2/c1-4-10(13)8-12-6-5-7-14-11(2,3)9-12/h4-9H2,1-3H3. The van der Waals surface area contributed by atoms with E-state index in [2.05, 4.69) is 18.7 Å². The molecule has 1 aliphatic rings. The zero-order valence-corrected chi connectivity index (χ0v) is 9.51. The number of Topliss-reactive ketones (excluding diaryl/α,β-unsaturated/α-hetero) is 1. The Hall–Kier alpha value is -0.410. The van der Waals surface area contributed by atoms with Crippen LogP contribution in [-0.4, -0.2) is 42.5 Å².